The molecular formula is C19H27N3O2. The van der Waals surface area contributed by atoms with E-state index in [1.54, 1.807) is 14.0 Å². The van der Waals surface area contributed by atoms with E-state index in [0.29, 0.717) is 6.54 Å². The molecule has 2 rings (SSSR count). The monoisotopic (exact) mass is 329 g/mol. The molecular weight excluding hydrogens is 302 g/mol. The van der Waals surface area contributed by atoms with Gasteiger partial charge in [-0.15, -0.1) is 0 Å². The molecule has 5 nitrogen and oxygen atoms in total. The summed E-state index contributed by atoms with van der Waals surface area (Å²) in [6, 6.07) is 11.6. The Morgan fingerprint density at radius 3 is 2.54 bits per heavy atom. The Balaban J connectivity index is 1.97. The molecule has 0 aliphatic carbocycles. The van der Waals surface area contributed by atoms with E-state index in [9.17, 15) is 4.79 Å². The molecule has 0 saturated carbocycles. The van der Waals surface area contributed by atoms with Gasteiger partial charge >= 0.3 is 0 Å². The molecule has 1 amide bonds. The van der Waals surface area contributed by atoms with Crippen LogP contribution in [0.3, 0.4) is 0 Å². The summed E-state index contributed by atoms with van der Waals surface area (Å²) in [6.07, 6.45) is 0. The maximum absolute atomic E-state index is 12.7. The van der Waals surface area contributed by atoms with Crippen LogP contribution in [0.15, 0.2) is 36.4 Å². The summed E-state index contributed by atoms with van der Waals surface area (Å²) >= 11 is 0. The quantitative estimate of drug-likeness (QED) is 0.850. The number of nitrogens with one attached hydrogen (secondary N) is 1. The molecule has 0 aliphatic heterocycles. The van der Waals surface area contributed by atoms with Crippen LogP contribution >= 0.6 is 0 Å². The summed E-state index contributed by atoms with van der Waals surface area (Å²) in [5, 5.41) is 7.48. The van der Waals surface area contributed by atoms with Gasteiger partial charge < -0.3 is 10.1 Å². The predicted octanol–water partition coefficient (Wildman–Crippen LogP) is 2.81. The van der Waals surface area contributed by atoms with Crippen molar-refractivity contribution in [1.82, 2.24) is 15.1 Å². The van der Waals surface area contributed by atoms with Crippen LogP contribution in [0.4, 0.5) is 0 Å². The van der Waals surface area contributed by atoms with Gasteiger partial charge in [0.05, 0.1) is 5.69 Å². The van der Waals surface area contributed by atoms with Crippen LogP contribution in [-0.4, -0.2) is 29.3 Å². The summed E-state index contributed by atoms with van der Waals surface area (Å²) in [6.45, 7) is 9.27. The SMILES string of the molecule is CO[C@@](C)(C(=O)NC[C@H](C)Cn1nc(C)cc1C)c1ccccc1. The van der Waals surface area contributed by atoms with Crippen molar-refractivity contribution in [2.45, 2.75) is 39.8 Å². The molecule has 2 atom stereocenters. The third-order valence-corrected chi connectivity index (χ3v) is 4.37. The number of rotatable bonds is 7. The van der Waals surface area contributed by atoms with Crippen molar-refractivity contribution in [2.75, 3.05) is 13.7 Å². The minimum Gasteiger partial charge on any atom is -0.364 e. The number of carbonyl (C=O) groups is 1. The first-order valence-corrected chi connectivity index (χ1v) is 8.27. The fourth-order valence-corrected chi connectivity index (χ4v) is 2.75. The van der Waals surface area contributed by atoms with Crippen molar-refractivity contribution >= 4 is 5.91 Å². The normalized spacial score (nSPS) is 14.9. The van der Waals surface area contributed by atoms with E-state index in [1.807, 2.05) is 48.9 Å². The number of benzene rings is 1. The van der Waals surface area contributed by atoms with Crippen molar-refractivity contribution in [2.24, 2.45) is 5.92 Å². The number of aryl methyl sites for hydroxylation is 2. The Hall–Kier alpha value is -2.14. The number of methoxy groups -OCH3 is 1. The molecule has 0 fully saturated rings. The highest BCUT2D eigenvalue weighted by molar-refractivity contribution is 5.86. The van der Waals surface area contributed by atoms with Gasteiger partial charge in [-0.3, -0.25) is 9.48 Å². The van der Waals surface area contributed by atoms with Gasteiger partial charge in [-0.2, -0.15) is 5.10 Å². The number of aromatic nitrogens is 2. The molecule has 1 aromatic carbocycles. The molecule has 1 aromatic heterocycles. The summed E-state index contributed by atoms with van der Waals surface area (Å²) in [5.41, 5.74) is 2.01. The first kappa shape index (κ1) is 18.2. The zero-order valence-electron chi connectivity index (χ0n) is 15.2. The molecule has 1 heterocycles. The van der Waals surface area contributed by atoms with Gasteiger partial charge in [-0.1, -0.05) is 37.3 Å². The Labute approximate surface area is 144 Å². The molecule has 24 heavy (non-hydrogen) atoms. The third kappa shape index (κ3) is 4.03. The number of carbonyl (C=O) groups excluding carboxylic acids is 1. The van der Waals surface area contributed by atoms with Crippen LogP contribution < -0.4 is 5.32 Å². The van der Waals surface area contributed by atoms with Crippen molar-refractivity contribution in [1.29, 1.82) is 0 Å². The van der Waals surface area contributed by atoms with E-state index in [0.717, 1.165) is 23.5 Å². The molecule has 0 saturated heterocycles. The maximum Gasteiger partial charge on any atom is 0.256 e. The second kappa shape index (κ2) is 7.62. The first-order chi connectivity index (χ1) is 11.4. The molecule has 0 spiro atoms. The Morgan fingerprint density at radius 2 is 2.00 bits per heavy atom. The fourth-order valence-electron chi connectivity index (χ4n) is 2.75. The molecule has 130 valence electrons. The van der Waals surface area contributed by atoms with E-state index in [4.69, 9.17) is 4.74 Å². The summed E-state index contributed by atoms with van der Waals surface area (Å²) in [7, 11) is 1.56. The lowest BCUT2D eigenvalue weighted by Gasteiger charge is -2.28. The topological polar surface area (TPSA) is 56.1 Å². The van der Waals surface area contributed by atoms with Gasteiger partial charge in [0.15, 0.2) is 5.60 Å². The number of hydrogen-bond donors (Lipinski definition) is 1. The first-order valence-electron chi connectivity index (χ1n) is 8.27. The highest BCUT2D eigenvalue weighted by atomic mass is 16.5. The van der Waals surface area contributed by atoms with Gasteiger partial charge in [0, 0.05) is 25.9 Å². The van der Waals surface area contributed by atoms with Gasteiger partial charge in [-0.25, -0.2) is 0 Å². The largest absolute Gasteiger partial charge is 0.364 e. The lowest BCUT2D eigenvalue weighted by atomic mass is 9.94. The van der Waals surface area contributed by atoms with E-state index in [2.05, 4.69) is 23.4 Å². The summed E-state index contributed by atoms with van der Waals surface area (Å²) < 4.78 is 7.51. The Bertz CT molecular complexity index is 681. The average molecular weight is 329 g/mol. The molecule has 5 heteroatoms. The van der Waals surface area contributed by atoms with Crippen LogP contribution in [-0.2, 0) is 21.7 Å². The van der Waals surface area contributed by atoms with Crippen molar-refractivity contribution in [3.05, 3.63) is 53.3 Å². The van der Waals surface area contributed by atoms with E-state index in [1.165, 1.54) is 0 Å². The van der Waals surface area contributed by atoms with Crippen LogP contribution in [0.1, 0.15) is 30.8 Å². The number of nitrogens with zero attached hydrogens (tertiary/aromatic N) is 2. The summed E-state index contributed by atoms with van der Waals surface area (Å²) in [5.74, 6) is 0.139. The minimum absolute atomic E-state index is 0.128. The highest BCUT2D eigenvalue weighted by Gasteiger charge is 2.35. The zero-order chi connectivity index (χ0) is 17.7. The van der Waals surface area contributed by atoms with Crippen LogP contribution in [0, 0.1) is 19.8 Å². The molecule has 1 N–H and O–H groups in total. The van der Waals surface area contributed by atoms with Crippen molar-refractivity contribution in [3.63, 3.8) is 0 Å². The smallest absolute Gasteiger partial charge is 0.256 e. The van der Waals surface area contributed by atoms with Crippen LogP contribution in [0.5, 0.6) is 0 Å². The zero-order valence-corrected chi connectivity index (χ0v) is 15.2. The van der Waals surface area contributed by atoms with Gasteiger partial charge in [0.25, 0.3) is 5.91 Å². The standard InChI is InChI=1S/C19H27N3O2/c1-14(13-22-16(3)11-15(2)21-22)12-20-18(23)19(4,24-5)17-9-7-6-8-10-17/h6-11,14H,12-13H2,1-5H3,(H,20,23)/t14-,19+/m0/s1. The molecule has 0 radical (unpaired) electrons. The molecule has 0 bridgehead atoms. The lowest BCUT2D eigenvalue weighted by molar-refractivity contribution is -0.142. The van der Waals surface area contributed by atoms with Gasteiger partial charge in [-0.05, 0) is 38.3 Å². The number of hydrogen-bond acceptors (Lipinski definition) is 3. The molecule has 2 aromatic rings. The molecule has 0 unspecified atom stereocenters. The van der Waals surface area contributed by atoms with E-state index < -0.39 is 5.60 Å². The van der Waals surface area contributed by atoms with E-state index in [-0.39, 0.29) is 11.8 Å². The van der Waals surface area contributed by atoms with Crippen molar-refractivity contribution in [3.8, 4) is 0 Å². The van der Waals surface area contributed by atoms with Crippen LogP contribution in [0.2, 0.25) is 0 Å². The predicted molar refractivity (Wildman–Crippen MR) is 94.7 cm³/mol. The minimum atomic E-state index is -0.987. The van der Waals surface area contributed by atoms with Gasteiger partial charge in [0.2, 0.25) is 0 Å². The van der Waals surface area contributed by atoms with Crippen LogP contribution in [0.25, 0.3) is 0 Å². The second-order valence-electron chi connectivity index (χ2n) is 6.53. The third-order valence-electron chi connectivity index (χ3n) is 4.37. The number of ether oxygens (including phenoxy) is 1. The Morgan fingerprint density at radius 1 is 1.33 bits per heavy atom. The lowest BCUT2D eigenvalue weighted by Crippen LogP contribution is -2.45. The van der Waals surface area contributed by atoms with Gasteiger partial charge in [0.1, 0.15) is 0 Å². The summed E-state index contributed by atoms with van der Waals surface area (Å²) in [4.78, 5) is 12.7. The Kier molecular flexibility index (Phi) is 5.78. The maximum atomic E-state index is 12.7. The van der Waals surface area contributed by atoms with E-state index >= 15 is 0 Å². The fraction of sp³-hybridized carbons (Fsp3) is 0.474. The molecule has 0 aliphatic rings. The highest BCUT2D eigenvalue weighted by Crippen LogP contribution is 2.24. The average Bonchev–Trinajstić information content (AvgIpc) is 2.89. The number of amides is 1. The second-order valence-corrected chi connectivity index (χ2v) is 6.53. The van der Waals surface area contributed by atoms with Crippen molar-refractivity contribution < 1.29 is 9.53 Å².